The van der Waals surface area contributed by atoms with E-state index in [1.165, 1.54) is 41.3 Å². The molecule has 0 atom stereocenters. The second-order valence-electron chi connectivity index (χ2n) is 14.7. The van der Waals surface area contributed by atoms with Crippen LogP contribution in [0.25, 0.3) is 0 Å². The van der Waals surface area contributed by atoms with Gasteiger partial charge in [-0.1, -0.05) is 11.3 Å². The minimum atomic E-state index is -3.29. The van der Waals surface area contributed by atoms with Crippen LogP contribution in [-0.2, 0) is 53.4 Å². The third kappa shape index (κ3) is 11.2. The summed E-state index contributed by atoms with van der Waals surface area (Å²) in [6.07, 6.45) is 7.39. The fraction of sp³-hybridized carbons (Fsp3) is 0.621. The van der Waals surface area contributed by atoms with E-state index in [0.29, 0.717) is 0 Å². The van der Waals surface area contributed by atoms with Gasteiger partial charge in [-0.3, -0.25) is 4.68 Å². The molecule has 0 aliphatic rings. The lowest BCUT2D eigenvalue weighted by molar-refractivity contribution is 0.556. The van der Waals surface area contributed by atoms with Crippen molar-refractivity contribution in [2.24, 2.45) is 14.1 Å². The molecule has 4 rings (SSSR count). The second-order valence-corrected chi connectivity index (χ2v) is 27.5. The average Bonchev–Trinajstić information content (AvgIpc) is 3.76. The van der Waals surface area contributed by atoms with Crippen molar-refractivity contribution in [3.63, 3.8) is 0 Å². The van der Waals surface area contributed by atoms with Gasteiger partial charge in [-0.15, -0.1) is 21.5 Å². The predicted octanol–water partition coefficient (Wildman–Crippen LogP) is 4.81. The maximum absolute atomic E-state index is 11.8. The van der Waals surface area contributed by atoms with Crippen molar-refractivity contribution in [2.75, 3.05) is 0 Å². The van der Waals surface area contributed by atoms with Crippen LogP contribution in [0.5, 0.6) is 0 Å². The Morgan fingerprint density at radius 2 is 1.08 bits per heavy atom. The Hall–Kier alpha value is -2.59. The number of imidazole rings is 1. The Labute approximate surface area is 305 Å². The molecule has 0 aromatic carbocycles. The minimum Gasteiger partial charge on any atom is -0.339 e. The molecular formula is C29H49N7O8S6. The van der Waals surface area contributed by atoms with Gasteiger partial charge in [0.25, 0.3) is 0 Å². The van der Waals surface area contributed by atoms with E-state index in [2.05, 4.69) is 25.3 Å². The summed E-state index contributed by atoms with van der Waals surface area (Å²) in [4.78, 5) is 7.89. The molecule has 4 aromatic rings. The van der Waals surface area contributed by atoms with Crippen LogP contribution in [0.1, 0.15) is 83.1 Å². The van der Waals surface area contributed by atoms with Crippen molar-refractivity contribution >= 4 is 62.0 Å². The van der Waals surface area contributed by atoms with Crippen LogP contribution in [0, 0.1) is 0 Å². The molecule has 4 aromatic heterocycles. The molecule has 0 unspecified atom stereocenters. The van der Waals surface area contributed by atoms with Crippen molar-refractivity contribution in [1.29, 1.82) is 0 Å². The molecule has 0 saturated carbocycles. The minimum absolute atomic E-state index is 0.0926. The number of rotatable bonds is 4. The number of thiazole rings is 1. The first kappa shape index (κ1) is 45.4. The molecule has 0 aliphatic heterocycles. The van der Waals surface area contributed by atoms with E-state index in [-0.39, 0.29) is 18.6 Å². The summed E-state index contributed by atoms with van der Waals surface area (Å²) in [5.41, 5.74) is 1.42. The maximum Gasteiger partial charge on any atom is 0.232 e. The summed E-state index contributed by atoms with van der Waals surface area (Å²) in [7, 11) is -9.60. The molecular weight excluding hydrogens is 767 g/mol. The molecule has 50 heavy (non-hydrogen) atoms. The Balaban J connectivity index is 0.000000334. The first-order chi connectivity index (χ1) is 22.2. The Morgan fingerprint density at radius 3 is 1.40 bits per heavy atom. The van der Waals surface area contributed by atoms with Crippen molar-refractivity contribution in [2.45, 2.75) is 121 Å². The van der Waals surface area contributed by atoms with Crippen molar-refractivity contribution in [3.8, 4) is 0 Å². The number of sulfone groups is 4. The molecule has 0 spiro atoms. The van der Waals surface area contributed by atoms with Crippen molar-refractivity contribution < 1.29 is 33.7 Å². The van der Waals surface area contributed by atoms with Gasteiger partial charge in [0.05, 0.1) is 31.5 Å². The van der Waals surface area contributed by atoms with Crippen LogP contribution in [0.2, 0.25) is 0 Å². The zero-order valence-electron chi connectivity index (χ0n) is 30.9. The van der Waals surface area contributed by atoms with Crippen LogP contribution < -0.4 is 0 Å². The highest BCUT2D eigenvalue weighted by Crippen LogP contribution is 2.27. The normalized spacial score (nSPS) is 13.2. The van der Waals surface area contributed by atoms with Crippen LogP contribution in [-0.4, -0.2) is 87.2 Å². The second kappa shape index (κ2) is 16.0. The standard InChI is InChI=1S/2C8H14N2O2S.C7H11NO2S2.C6H10N2O2S2/c1-8(2,3)13(11,12)7-5-10(4)6-9-7;1-8(2,3)13(11,12)7-5-9-10(4)6-7;1-7(2,3)12(9,10)6-8-4-5-11-6;1-6(2,3)12(9,10)5-8-7-4-11-5/h2*5-6H,1-4H3;4-5H,1-3H3;4H,1-3H3. The fourth-order valence-corrected chi connectivity index (χ4v) is 10.0. The zero-order valence-corrected chi connectivity index (χ0v) is 35.8. The lowest BCUT2D eigenvalue weighted by atomic mass is 10.3. The Kier molecular flexibility index (Phi) is 14.5. The monoisotopic (exact) mass is 815 g/mol. The Morgan fingerprint density at radius 1 is 0.600 bits per heavy atom. The zero-order chi connectivity index (χ0) is 39.4. The van der Waals surface area contributed by atoms with E-state index in [1.807, 2.05) is 0 Å². The van der Waals surface area contributed by atoms with Crippen LogP contribution in [0.4, 0.5) is 0 Å². The summed E-state index contributed by atoms with van der Waals surface area (Å²) >= 11 is 2.20. The SMILES string of the molecule is CC(C)(C)S(=O)(=O)c1nccs1.CC(C)(C)S(=O)(=O)c1nncs1.Cn1cc(S(=O)(=O)C(C)(C)C)cn1.Cn1cnc(S(=O)(=O)C(C)(C)C)c1. The molecule has 15 nitrogen and oxygen atoms in total. The van der Waals surface area contributed by atoms with E-state index in [9.17, 15) is 33.7 Å². The number of hydrogen-bond donors (Lipinski definition) is 0. The largest absolute Gasteiger partial charge is 0.339 e. The van der Waals surface area contributed by atoms with Crippen molar-refractivity contribution in [1.82, 2.24) is 34.5 Å². The molecule has 0 aliphatic carbocycles. The average molecular weight is 816 g/mol. The molecule has 21 heteroatoms. The first-order valence-corrected chi connectivity index (χ1v) is 22.5. The van der Waals surface area contributed by atoms with Crippen LogP contribution >= 0.6 is 22.7 Å². The van der Waals surface area contributed by atoms with E-state index in [4.69, 9.17) is 0 Å². The van der Waals surface area contributed by atoms with Gasteiger partial charge < -0.3 is 4.57 Å². The molecule has 4 heterocycles. The molecule has 0 saturated heterocycles. The van der Waals surface area contributed by atoms with Gasteiger partial charge in [0.1, 0.15) is 10.4 Å². The lowest BCUT2D eigenvalue weighted by Gasteiger charge is -2.17. The highest BCUT2D eigenvalue weighted by molar-refractivity contribution is 7.95. The third-order valence-corrected chi connectivity index (χ3v) is 18.5. The lowest BCUT2D eigenvalue weighted by Crippen LogP contribution is -2.28. The topological polar surface area (TPSA) is 211 Å². The van der Waals surface area contributed by atoms with E-state index < -0.39 is 58.3 Å². The van der Waals surface area contributed by atoms with Crippen LogP contribution in [0.15, 0.2) is 60.6 Å². The highest BCUT2D eigenvalue weighted by Gasteiger charge is 2.35. The summed E-state index contributed by atoms with van der Waals surface area (Å²) in [6.45, 7) is 20.0. The van der Waals surface area contributed by atoms with Gasteiger partial charge in [0, 0.05) is 38.1 Å². The highest BCUT2D eigenvalue weighted by atomic mass is 32.2. The van der Waals surface area contributed by atoms with Gasteiger partial charge >= 0.3 is 0 Å². The van der Waals surface area contributed by atoms with Gasteiger partial charge in [-0.2, -0.15) is 5.10 Å². The van der Waals surface area contributed by atoms with Gasteiger partial charge in [-0.25, -0.2) is 43.6 Å². The molecule has 0 fully saturated rings. The van der Waals surface area contributed by atoms with Crippen LogP contribution in [0.3, 0.4) is 0 Å². The number of hydrogen-bond acceptors (Lipinski definition) is 15. The number of nitrogens with zero attached hydrogens (tertiary/aromatic N) is 7. The molecule has 284 valence electrons. The summed E-state index contributed by atoms with van der Waals surface area (Å²) < 4.78 is 94.1. The number of aryl methyl sites for hydroxylation is 2. The maximum atomic E-state index is 11.8. The molecule has 0 amide bonds. The molecule has 0 radical (unpaired) electrons. The van der Waals surface area contributed by atoms with Crippen molar-refractivity contribution in [3.05, 3.63) is 42.0 Å². The van der Waals surface area contributed by atoms with E-state index in [0.717, 1.165) is 22.7 Å². The predicted molar refractivity (Wildman–Crippen MR) is 196 cm³/mol. The fourth-order valence-electron chi connectivity index (χ4n) is 2.88. The molecule has 0 bridgehead atoms. The van der Waals surface area contributed by atoms with Gasteiger partial charge in [0.2, 0.25) is 38.2 Å². The van der Waals surface area contributed by atoms with Gasteiger partial charge in [-0.05, 0) is 83.1 Å². The van der Waals surface area contributed by atoms with E-state index in [1.54, 1.807) is 107 Å². The third-order valence-electron chi connectivity index (χ3n) is 6.38. The Bertz CT molecular complexity index is 1950. The summed E-state index contributed by atoms with van der Waals surface area (Å²) in [5.74, 6) is 0. The molecule has 0 N–H and O–H groups in total. The van der Waals surface area contributed by atoms with Gasteiger partial charge in [0.15, 0.2) is 14.9 Å². The quantitative estimate of drug-likeness (QED) is 0.271. The number of aromatic nitrogens is 7. The summed E-state index contributed by atoms with van der Waals surface area (Å²) in [5, 5.41) is 12.7. The summed E-state index contributed by atoms with van der Waals surface area (Å²) in [6, 6.07) is 0. The smallest absolute Gasteiger partial charge is 0.232 e. The first-order valence-electron chi connectivity index (χ1n) is 14.8. The van der Waals surface area contributed by atoms with E-state index >= 15 is 0 Å².